The van der Waals surface area contributed by atoms with Crippen LogP contribution in [0.4, 0.5) is 10.5 Å². The Labute approximate surface area is 164 Å². The Morgan fingerprint density at radius 1 is 1.03 bits per heavy atom. The zero-order chi connectivity index (χ0) is 21.0. The van der Waals surface area contributed by atoms with Crippen molar-refractivity contribution in [2.45, 2.75) is 6.61 Å². The zero-order valence-electron chi connectivity index (χ0n) is 15.1. The maximum Gasteiger partial charge on any atom is 0.328 e. The minimum Gasteiger partial charge on any atom is -0.497 e. The van der Waals surface area contributed by atoms with Gasteiger partial charge in [-0.15, -0.1) is 0 Å². The van der Waals surface area contributed by atoms with Crippen molar-refractivity contribution in [3.63, 3.8) is 0 Å². The molecule has 0 atom stereocenters. The van der Waals surface area contributed by atoms with Gasteiger partial charge in [-0.1, -0.05) is 0 Å². The SMILES string of the molecule is COc1ccc(C=C2C(=O)NC(=O)NC2=O)c(OCc2ccc([N+](=O)[O-])cc2)c1. The Morgan fingerprint density at radius 3 is 2.28 bits per heavy atom. The van der Waals surface area contributed by atoms with Gasteiger partial charge in [-0.3, -0.25) is 30.3 Å². The van der Waals surface area contributed by atoms with Crippen molar-refractivity contribution in [3.8, 4) is 11.5 Å². The van der Waals surface area contributed by atoms with Crippen LogP contribution in [0.25, 0.3) is 6.08 Å². The van der Waals surface area contributed by atoms with Crippen molar-refractivity contribution in [1.82, 2.24) is 10.6 Å². The first kappa shape index (κ1) is 19.5. The van der Waals surface area contributed by atoms with Gasteiger partial charge in [0.2, 0.25) is 0 Å². The van der Waals surface area contributed by atoms with Gasteiger partial charge in [-0.2, -0.15) is 0 Å². The Kier molecular flexibility index (Phi) is 5.54. The predicted octanol–water partition coefficient (Wildman–Crippen LogP) is 1.93. The summed E-state index contributed by atoms with van der Waals surface area (Å²) in [4.78, 5) is 45.3. The second-order valence-corrected chi connectivity index (χ2v) is 5.91. The molecule has 0 aliphatic carbocycles. The van der Waals surface area contributed by atoms with Crippen LogP contribution in [-0.4, -0.2) is 29.9 Å². The number of nitro benzene ring substituents is 1. The molecule has 0 spiro atoms. The van der Waals surface area contributed by atoms with E-state index in [9.17, 15) is 24.5 Å². The smallest absolute Gasteiger partial charge is 0.328 e. The number of nitrogens with one attached hydrogen (secondary N) is 2. The lowest BCUT2D eigenvalue weighted by atomic mass is 10.1. The molecule has 1 aliphatic heterocycles. The van der Waals surface area contributed by atoms with E-state index in [0.29, 0.717) is 22.6 Å². The molecule has 0 bridgehead atoms. The number of benzene rings is 2. The molecule has 4 amide bonds. The van der Waals surface area contributed by atoms with Crippen molar-refractivity contribution in [3.05, 3.63) is 69.3 Å². The molecule has 0 radical (unpaired) electrons. The molecular formula is C19H15N3O7. The van der Waals surface area contributed by atoms with Gasteiger partial charge < -0.3 is 9.47 Å². The van der Waals surface area contributed by atoms with Crippen molar-refractivity contribution >= 4 is 29.6 Å². The van der Waals surface area contributed by atoms with Crippen molar-refractivity contribution in [1.29, 1.82) is 0 Å². The van der Waals surface area contributed by atoms with Crippen LogP contribution in [0, 0.1) is 10.1 Å². The second kappa shape index (κ2) is 8.21. The van der Waals surface area contributed by atoms with Crippen molar-refractivity contribution < 1.29 is 28.8 Å². The van der Waals surface area contributed by atoms with Gasteiger partial charge in [0, 0.05) is 23.8 Å². The summed E-state index contributed by atoms with van der Waals surface area (Å²) in [6, 6.07) is 9.74. The minimum absolute atomic E-state index is 0.0376. The molecular weight excluding hydrogens is 382 g/mol. The molecule has 2 aromatic rings. The third kappa shape index (κ3) is 4.56. The highest BCUT2D eigenvalue weighted by atomic mass is 16.6. The van der Waals surface area contributed by atoms with Crippen LogP contribution in [0.5, 0.6) is 11.5 Å². The number of carbonyl (C=O) groups excluding carboxylic acids is 3. The Balaban J connectivity index is 1.86. The number of urea groups is 1. The monoisotopic (exact) mass is 397 g/mol. The van der Waals surface area contributed by atoms with E-state index < -0.39 is 22.8 Å². The second-order valence-electron chi connectivity index (χ2n) is 5.91. The number of carbonyl (C=O) groups is 3. The summed E-state index contributed by atoms with van der Waals surface area (Å²) in [5, 5.41) is 14.7. The highest BCUT2D eigenvalue weighted by molar-refractivity contribution is 6.31. The number of non-ortho nitro benzene ring substituents is 1. The van der Waals surface area contributed by atoms with Crippen LogP contribution in [-0.2, 0) is 16.2 Å². The number of hydrogen-bond donors (Lipinski definition) is 2. The first-order chi connectivity index (χ1) is 13.9. The summed E-state index contributed by atoms with van der Waals surface area (Å²) in [5.41, 5.74) is 0.789. The van der Waals surface area contributed by atoms with Crippen LogP contribution >= 0.6 is 0 Å². The molecule has 2 aromatic carbocycles. The van der Waals surface area contributed by atoms with E-state index in [0.717, 1.165) is 0 Å². The fourth-order valence-electron chi connectivity index (χ4n) is 2.52. The fourth-order valence-corrected chi connectivity index (χ4v) is 2.52. The minimum atomic E-state index is -0.887. The molecule has 1 saturated heterocycles. The molecule has 148 valence electrons. The van der Waals surface area contributed by atoms with Crippen molar-refractivity contribution in [2.24, 2.45) is 0 Å². The average Bonchev–Trinajstić information content (AvgIpc) is 2.69. The number of nitrogens with zero attached hydrogens (tertiary/aromatic N) is 1. The van der Waals surface area contributed by atoms with E-state index in [1.54, 1.807) is 30.3 Å². The van der Waals surface area contributed by atoms with Gasteiger partial charge in [0.25, 0.3) is 17.5 Å². The highest BCUT2D eigenvalue weighted by Crippen LogP contribution is 2.28. The summed E-state index contributed by atoms with van der Waals surface area (Å²) >= 11 is 0. The average molecular weight is 397 g/mol. The number of imide groups is 2. The van der Waals surface area contributed by atoms with Crippen LogP contribution < -0.4 is 20.1 Å². The molecule has 10 heteroatoms. The standard InChI is InChI=1S/C19H15N3O7/c1-28-14-7-4-12(8-15-17(23)20-19(25)21-18(15)24)16(9-14)29-10-11-2-5-13(6-3-11)22(26)27/h2-9H,10H2,1H3,(H2,20,21,23,24,25). The van der Waals surface area contributed by atoms with E-state index in [1.807, 2.05) is 10.6 Å². The maximum absolute atomic E-state index is 11.9. The molecule has 2 N–H and O–H groups in total. The molecule has 1 heterocycles. The molecule has 1 fully saturated rings. The lowest BCUT2D eigenvalue weighted by molar-refractivity contribution is -0.384. The van der Waals surface area contributed by atoms with E-state index in [-0.39, 0.29) is 17.9 Å². The number of barbiturate groups is 1. The van der Waals surface area contributed by atoms with Gasteiger partial charge in [-0.25, -0.2) is 4.79 Å². The third-order valence-electron chi connectivity index (χ3n) is 4.01. The van der Waals surface area contributed by atoms with Crippen LogP contribution in [0.3, 0.4) is 0 Å². The lowest BCUT2D eigenvalue weighted by Crippen LogP contribution is -2.51. The largest absolute Gasteiger partial charge is 0.497 e. The quantitative estimate of drug-likeness (QED) is 0.329. The molecule has 0 saturated carbocycles. The van der Waals surface area contributed by atoms with E-state index in [1.165, 1.54) is 25.3 Å². The topological polar surface area (TPSA) is 137 Å². The summed E-state index contributed by atoms with van der Waals surface area (Å²) in [7, 11) is 1.47. The molecule has 10 nitrogen and oxygen atoms in total. The molecule has 1 aliphatic rings. The number of rotatable bonds is 6. The first-order valence-electron chi connectivity index (χ1n) is 8.30. The maximum atomic E-state index is 11.9. The number of methoxy groups -OCH3 is 1. The molecule has 0 aromatic heterocycles. The van der Waals surface area contributed by atoms with Gasteiger partial charge in [-0.05, 0) is 35.9 Å². The molecule has 29 heavy (non-hydrogen) atoms. The van der Waals surface area contributed by atoms with E-state index >= 15 is 0 Å². The van der Waals surface area contributed by atoms with Gasteiger partial charge in [0.05, 0.1) is 12.0 Å². The van der Waals surface area contributed by atoms with Crippen LogP contribution in [0.15, 0.2) is 48.0 Å². The first-order valence-corrected chi connectivity index (χ1v) is 8.30. The normalized spacial score (nSPS) is 13.4. The van der Waals surface area contributed by atoms with Crippen LogP contribution in [0.2, 0.25) is 0 Å². The summed E-state index contributed by atoms with van der Waals surface area (Å²) in [6.45, 7) is 0.0816. The van der Waals surface area contributed by atoms with E-state index in [4.69, 9.17) is 9.47 Å². The Morgan fingerprint density at radius 2 is 1.69 bits per heavy atom. The summed E-state index contributed by atoms with van der Waals surface area (Å²) < 4.78 is 10.9. The highest BCUT2D eigenvalue weighted by Gasteiger charge is 2.28. The van der Waals surface area contributed by atoms with Gasteiger partial charge in [0.15, 0.2) is 0 Å². The molecule has 0 unspecified atom stereocenters. The fraction of sp³-hybridized carbons (Fsp3) is 0.105. The number of hydrogen-bond acceptors (Lipinski definition) is 7. The lowest BCUT2D eigenvalue weighted by Gasteiger charge is -2.15. The van der Waals surface area contributed by atoms with Gasteiger partial charge in [0.1, 0.15) is 23.7 Å². The summed E-state index contributed by atoms with van der Waals surface area (Å²) in [6.07, 6.45) is 1.29. The van der Waals surface area contributed by atoms with E-state index in [2.05, 4.69) is 0 Å². The number of nitro groups is 1. The summed E-state index contributed by atoms with van der Waals surface area (Å²) in [5.74, 6) is -0.849. The molecule has 3 rings (SSSR count). The Hall–Kier alpha value is -4.21. The third-order valence-corrected chi connectivity index (χ3v) is 4.01. The van der Waals surface area contributed by atoms with Crippen LogP contribution in [0.1, 0.15) is 11.1 Å². The van der Waals surface area contributed by atoms with Crippen molar-refractivity contribution in [2.75, 3.05) is 7.11 Å². The zero-order valence-corrected chi connectivity index (χ0v) is 15.1. The number of amides is 4. The van der Waals surface area contributed by atoms with Gasteiger partial charge >= 0.3 is 6.03 Å². The number of ether oxygens (including phenoxy) is 2. The predicted molar refractivity (Wildman–Crippen MR) is 100 cm³/mol. The Bertz CT molecular complexity index is 1010.